The standard InChI is InChI=1S/C26H28N4O4S/c1-29-10-12-30(13-11-29)25-27-15-17(35-25)14-23(24(31)32)28-26(33)34-16-22-20-8-4-2-6-18(20)19-7-3-5-9-21(19)22/h2-9,15,22-23H,10-14,16H2,1H3,(H,28,33)(H,31,32). The van der Waals surface area contributed by atoms with Crippen LogP contribution in [0.15, 0.2) is 54.7 Å². The van der Waals surface area contributed by atoms with Gasteiger partial charge < -0.3 is 25.0 Å². The number of piperazine rings is 1. The monoisotopic (exact) mass is 492 g/mol. The minimum atomic E-state index is -1.10. The minimum absolute atomic E-state index is 0.0796. The van der Waals surface area contributed by atoms with Crippen LogP contribution in [0, 0.1) is 0 Å². The number of carbonyl (C=O) groups is 2. The molecule has 0 bridgehead atoms. The van der Waals surface area contributed by atoms with Gasteiger partial charge in [-0.25, -0.2) is 14.6 Å². The molecular weight excluding hydrogens is 464 g/mol. The van der Waals surface area contributed by atoms with Crippen molar-refractivity contribution in [2.24, 2.45) is 0 Å². The fourth-order valence-corrected chi connectivity index (χ4v) is 5.73. The summed E-state index contributed by atoms with van der Waals surface area (Å²) in [6, 6.07) is 15.1. The van der Waals surface area contributed by atoms with Crippen molar-refractivity contribution in [1.29, 1.82) is 0 Å². The van der Waals surface area contributed by atoms with Gasteiger partial charge in [0.05, 0.1) is 0 Å². The Bertz CT molecular complexity index is 1180. The van der Waals surface area contributed by atoms with Crippen LogP contribution in [0.2, 0.25) is 0 Å². The van der Waals surface area contributed by atoms with Gasteiger partial charge in [-0.05, 0) is 29.3 Å². The van der Waals surface area contributed by atoms with E-state index in [1.807, 2.05) is 36.4 Å². The molecule has 8 nitrogen and oxygen atoms in total. The zero-order valence-corrected chi connectivity index (χ0v) is 20.3. The maximum absolute atomic E-state index is 12.6. The number of carboxylic acids is 1. The fourth-order valence-electron chi connectivity index (χ4n) is 4.72. The number of anilines is 1. The van der Waals surface area contributed by atoms with Crippen molar-refractivity contribution in [3.8, 4) is 11.1 Å². The van der Waals surface area contributed by atoms with Gasteiger partial charge in [0.2, 0.25) is 0 Å². The molecule has 1 unspecified atom stereocenters. The number of ether oxygens (including phenoxy) is 1. The topological polar surface area (TPSA) is 95.0 Å². The number of benzene rings is 2. The molecule has 0 saturated carbocycles. The van der Waals surface area contributed by atoms with Crippen molar-refractivity contribution in [1.82, 2.24) is 15.2 Å². The Morgan fingerprint density at radius 1 is 1.09 bits per heavy atom. The van der Waals surface area contributed by atoms with Crippen LogP contribution >= 0.6 is 11.3 Å². The van der Waals surface area contributed by atoms with Crippen LogP contribution in [0.1, 0.15) is 21.9 Å². The van der Waals surface area contributed by atoms with E-state index in [2.05, 4.69) is 39.3 Å². The molecule has 35 heavy (non-hydrogen) atoms. The number of alkyl carbamates (subject to hydrolysis) is 1. The Morgan fingerprint density at radius 3 is 2.34 bits per heavy atom. The van der Waals surface area contributed by atoms with Gasteiger partial charge in [0.15, 0.2) is 5.13 Å². The second-order valence-corrected chi connectivity index (χ2v) is 10.1. The molecule has 0 spiro atoms. The number of fused-ring (bicyclic) bond motifs is 3. The number of carboxylic acid groups (broad SMARTS) is 1. The predicted octanol–water partition coefficient (Wildman–Crippen LogP) is 3.43. The van der Waals surface area contributed by atoms with Crippen molar-refractivity contribution >= 4 is 28.5 Å². The lowest BCUT2D eigenvalue weighted by molar-refractivity contribution is -0.139. The molecule has 3 aromatic rings. The number of hydrogen-bond acceptors (Lipinski definition) is 7. The highest BCUT2D eigenvalue weighted by atomic mass is 32.1. The van der Waals surface area contributed by atoms with E-state index in [0.29, 0.717) is 0 Å². The number of nitrogens with one attached hydrogen (secondary N) is 1. The van der Waals surface area contributed by atoms with Crippen LogP contribution in [-0.2, 0) is 16.0 Å². The number of thiazole rings is 1. The van der Waals surface area contributed by atoms with Crippen molar-refractivity contribution in [3.05, 3.63) is 70.7 Å². The normalized spacial score (nSPS) is 16.4. The summed E-state index contributed by atoms with van der Waals surface area (Å²) in [6.45, 7) is 3.86. The lowest BCUT2D eigenvalue weighted by atomic mass is 9.98. The van der Waals surface area contributed by atoms with E-state index in [9.17, 15) is 14.7 Å². The zero-order chi connectivity index (χ0) is 24.4. The van der Waals surface area contributed by atoms with Gasteiger partial charge in [-0.3, -0.25) is 0 Å². The number of amides is 1. The molecule has 1 aliphatic heterocycles. The Hall–Kier alpha value is -3.43. The second kappa shape index (κ2) is 10.1. The van der Waals surface area contributed by atoms with Crippen LogP contribution < -0.4 is 10.2 Å². The van der Waals surface area contributed by atoms with Gasteiger partial charge in [-0.15, -0.1) is 11.3 Å². The third-order valence-electron chi connectivity index (χ3n) is 6.65. The van der Waals surface area contributed by atoms with E-state index < -0.39 is 18.1 Å². The number of likely N-dealkylation sites (N-methyl/N-ethyl adjacent to an activating group) is 1. The predicted molar refractivity (Wildman–Crippen MR) is 135 cm³/mol. The highest BCUT2D eigenvalue weighted by molar-refractivity contribution is 7.15. The number of rotatable bonds is 7. The molecule has 2 aromatic carbocycles. The lowest BCUT2D eigenvalue weighted by Gasteiger charge is -2.32. The van der Waals surface area contributed by atoms with Crippen LogP contribution in [-0.4, -0.2) is 72.9 Å². The molecule has 5 rings (SSSR count). The third kappa shape index (κ3) is 5.01. The lowest BCUT2D eigenvalue weighted by Crippen LogP contribution is -2.44. The summed E-state index contributed by atoms with van der Waals surface area (Å²) in [7, 11) is 2.09. The molecule has 1 atom stereocenters. The number of aliphatic carboxylic acids is 1. The smallest absolute Gasteiger partial charge is 0.407 e. The maximum Gasteiger partial charge on any atom is 0.407 e. The zero-order valence-electron chi connectivity index (χ0n) is 19.5. The van der Waals surface area contributed by atoms with E-state index in [4.69, 9.17) is 4.74 Å². The van der Waals surface area contributed by atoms with E-state index in [-0.39, 0.29) is 18.9 Å². The Morgan fingerprint density at radius 2 is 1.71 bits per heavy atom. The SMILES string of the molecule is CN1CCN(c2ncc(CC(NC(=O)OCC3c4ccccc4-c4ccccc43)C(=O)O)s2)CC1. The van der Waals surface area contributed by atoms with E-state index >= 15 is 0 Å². The van der Waals surface area contributed by atoms with Gasteiger partial charge in [0.1, 0.15) is 12.6 Å². The van der Waals surface area contributed by atoms with Crippen molar-refractivity contribution in [3.63, 3.8) is 0 Å². The molecule has 2 aliphatic rings. The van der Waals surface area contributed by atoms with Crippen molar-refractivity contribution in [2.45, 2.75) is 18.4 Å². The highest BCUT2D eigenvalue weighted by Gasteiger charge is 2.30. The average Bonchev–Trinajstić information content (AvgIpc) is 3.45. The molecule has 0 radical (unpaired) electrons. The van der Waals surface area contributed by atoms with Crippen molar-refractivity contribution in [2.75, 3.05) is 44.7 Å². The van der Waals surface area contributed by atoms with Crippen LogP contribution in [0.4, 0.5) is 9.93 Å². The molecular formula is C26H28N4O4S. The summed E-state index contributed by atoms with van der Waals surface area (Å²) in [6.07, 6.45) is 1.13. The summed E-state index contributed by atoms with van der Waals surface area (Å²) in [4.78, 5) is 34.2. The molecule has 1 aliphatic carbocycles. The summed E-state index contributed by atoms with van der Waals surface area (Å²) >= 11 is 1.47. The maximum atomic E-state index is 12.6. The van der Waals surface area contributed by atoms with E-state index in [1.165, 1.54) is 11.3 Å². The highest BCUT2D eigenvalue weighted by Crippen LogP contribution is 2.44. The molecule has 2 heterocycles. The first kappa shape index (κ1) is 23.3. The molecule has 9 heteroatoms. The summed E-state index contributed by atoms with van der Waals surface area (Å²) < 4.78 is 5.53. The van der Waals surface area contributed by atoms with Crippen molar-refractivity contribution < 1.29 is 19.4 Å². The molecule has 2 N–H and O–H groups in total. The largest absolute Gasteiger partial charge is 0.480 e. The van der Waals surface area contributed by atoms with Gasteiger partial charge in [0, 0.05) is 49.6 Å². The minimum Gasteiger partial charge on any atom is -0.480 e. The number of carbonyl (C=O) groups excluding carboxylic acids is 1. The van der Waals surface area contributed by atoms with Gasteiger partial charge in [-0.1, -0.05) is 48.5 Å². The molecule has 1 fully saturated rings. The average molecular weight is 493 g/mol. The van der Waals surface area contributed by atoms with Gasteiger partial charge in [-0.2, -0.15) is 0 Å². The Labute approximate surface area is 208 Å². The summed E-state index contributed by atoms with van der Waals surface area (Å²) in [5.74, 6) is -1.18. The molecule has 182 valence electrons. The first-order valence-corrected chi connectivity index (χ1v) is 12.5. The number of hydrogen-bond donors (Lipinski definition) is 2. The first-order valence-electron chi connectivity index (χ1n) is 11.7. The summed E-state index contributed by atoms with van der Waals surface area (Å²) in [5.41, 5.74) is 4.50. The number of nitrogens with zero attached hydrogens (tertiary/aromatic N) is 3. The molecule has 1 aromatic heterocycles. The van der Waals surface area contributed by atoms with Gasteiger partial charge in [0.25, 0.3) is 0 Å². The van der Waals surface area contributed by atoms with Gasteiger partial charge >= 0.3 is 12.1 Å². The quantitative estimate of drug-likeness (QED) is 0.522. The fraction of sp³-hybridized carbons (Fsp3) is 0.346. The third-order valence-corrected chi connectivity index (χ3v) is 7.73. The number of aromatic nitrogens is 1. The molecule has 1 amide bonds. The van der Waals surface area contributed by atoms with Crippen LogP contribution in [0.5, 0.6) is 0 Å². The second-order valence-electron chi connectivity index (χ2n) is 8.96. The molecule has 1 saturated heterocycles. The summed E-state index contributed by atoms with van der Waals surface area (Å²) in [5, 5.41) is 13.1. The van der Waals surface area contributed by atoms with Crippen LogP contribution in [0.25, 0.3) is 11.1 Å². The Balaban J connectivity index is 1.20. The van der Waals surface area contributed by atoms with E-state index in [1.54, 1.807) is 6.20 Å². The first-order chi connectivity index (χ1) is 17.0. The van der Waals surface area contributed by atoms with Crippen LogP contribution in [0.3, 0.4) is 0 Å². The Kier molecular flexibility index (Phi) is 6.70. The van der Waals surface area contributed by atoms with E-state index in [0.717, 1.165) is 58.4 Å².